The SMILES string of the molecule is Cc1c[c-]c(-c2c(F)cccc2Cl)n(C)c1=O.[Y]. The van der Waals surface area contributed by atoms with Gasteiger partial charge in [-0.3, -0.25) is 4.79 Å². The van der Waals surface area contributed by atoms with Crippen LogP contribution in [-0.4, -0.2) is 4.57 Å². The number of hydrogen-bond donors (Lipinski definition) is 0. The van der Waals surface area contributed by atoms with E-state index in [4.69, 9.17) is 11.6 Å². The largest absolute Gasteiger partial charge is 0.345 e. The fraction of sp³-hybridized carbons (Fsp3) is 0.154. The van der Waals surface area contributed by atoms with Gasteiger partial charge in [-0.05, 0) is 16.7 Å². The van der Waals surface area contributed by atoms with Crippen LogP contribution in [0.25, 0.3) is 11.3 Å². The van der Waals surface area contributed by atoms with E-state index in [1.165, 1.54) is 16.7 Å². The standard InChI is InChI=1S/C13H10ClFNO.Y/c1-8-6-7-11(16(2)13(8)17)12-9(14)4-3-5-10(12)15;/h3-6H,1-2H3;/q-1;. The minimum absolute atomic E-state index is 0. The monoisotopic (exact) mass is 339 g/mol. The molecule has 18 heavy (non-hydrogen) atoms. The average molecular weight is 340 g/mol. The second kappa shape index (κ2) is 6.09. The molecule has 0 saturated heterocycles. The number of hydrogen-bond acceptors (Lipinski definition) is 1. The zero-order valence-corrected chi connectivity index (χ0v) is 13.6. The van der Waals surface area contributed by atoms with Gasteiger partial charge in [0.15, 0.2) is 5.56 Å². The Labute approximate surface area is 135 Å². The Kier molecular flexibility index (Phi) is 5.26. The summed E-state index contributed by atoms with van der Waals surface area (Å²) < 4.78 is 15.1. The van der Waals surface area contributed by atoms with Gasteiger partial charge in [-0.25, -0.2) is 4.39 Å². The summed E-state index contributed by atoms with van der Waals surface area (Å²) >= 11 is 5.95. The molecule has 2 nitrogen and oxygen atoms in total. The van der Waals surface area contributed by atoms with Gasteiger partial charge in [-0.1, -0.05) is 41.9 Å². The minimum Gasteiger partial charge on any atom is -0.345 e. The molecule has 1 heterocycles. The van der Waals surface area contributed by atoms with Crippen LogP contribution in [0.5, 0.6) is 0 Å². The van der Waals surface area contributed by atoms with E-state index in [1.807, 2.05) is 0 Å². The molecule has 0 bridgehead atoms. The van der Waals surface area contributed by atoms with Crippen LogP contribution < -0.4 is 5.56 Å². The summed E-state index contributed by atoms with van der Waals surface area (Å²) in [5, 5.41) is 0.264. The van der Waals surface area contributed by atoms with E-state index < -0.39 is 5.82 Å². The molecule has 1 radical (unpaired) electrons. The molecule has 0 fully saturated rings. The van der Waals surface area contributed by atoms with E-state index >= 15 is 0 Å². The maximum absolute atomic E-state index is 13.7. The molecule has 1 aromatic heterocycles. The zero-order valence-electron chi connectivity index (χ0n) is 10.00. The predicted molar refractivity (Wildman–Crippen MR) is 65.7 cm³/mol. The van der Waals surface area contributed by atoms with Crippen LogP contribution in [0.4, 0.5) is 4.39 Å². The van der Waals surface area contributed by atoms with E-state index in [2.05, 4.69) is 6.07 Å². The zero-order chi connectivity index (χ0) is 12.6. The molecule has 0 saturated carbocycles. The summed E-state index contributed by atoms with van der Waals surface area (Å²) in [6, 6.07) is 8.83. The van der Waals surface area contributed by atoms with E-state index in [-0.39, 0.29) is 48.9 Å². The maximum atomic E-state index is 13.7. The topological polar surface area (TPSA) is 22.0 Å². The molecular formula is C13H10ClFNOY-. The predicted octanol–water partition coefficient (Wildman–Crippen LogP) is 2.95. The number of aromatic nitrogens is 1. The number of pyridine rings is 1. The van der Waals surface area contributed by atoms with Crippen LogP contribution in [0.2, 0.25) is 5.02 Å². The Balaban J connectivity index is 0.00000162. The number of nitrogens with zero attached hydrogens (tertiary/aromatic N) is 1. The number of aryl methyl sites for hydroxylation is 1. The molecule has 0 N–H and O–H groups in total. The Hall–Kier alpha value is -0.506. The minimum atomic E-state index is -0.465. The fourth-order valence-electron chi connectivity index (χ4n) is 1.67. The molecule has 0 amide bonds. The summed E-state index contributed by atoms with van der Waals surface area (Å²) in [5.74, 6) is -0.465. The number of benzene rings is 1. The van der Waals surface area contributed by atoms with Gasteiger partial charge < -0.3 is 4.57 Å². The Morgan fingerprint density at radius 1 is 1.39 bits per heavy atom. The average Bonchev–Trinajstić information content (AvgIpc) is 2.29. The summed E-state index contributed by atoms with van der Waals surface area (Å²) in [5.41, 5.74) is 0.930. The van der Waals surface area contributed by atoms with E-state index in [0.717, 1.165) is 0 Å². The molecule has 0 atom stereocenters. The van der Waals surface area contributed by atoms with Crippen molar-refractivity contribution in [2.24, 2.45) is 7.05 Å². The van der Waals surface area contributed by atoms with Crippen LogP contribution in [0, 0.1) is 18.8 Å². The van der Waals surface area contributed by atoms with Crippen LogP contribution in [0.3, 0.4) is 0 Å². The third kappa shape index (κ3) is 2.74. The Morgan fingerprint density at radius 3 is 2.67 bits per heavy atom. The van der Waals surface area contributed by atoms with Gasteiger partial charge in [-0.2, -0.15) is 12.1 Å². The molecule has 0 unspecified atom stereocenters. The quantitative estimate of drug-likeness (QED) is 0.732. The Bertz CT molecular complexity index is 619. The molecule has 0 aliphatic heterocycles. The number of rotatable bonds is 1. The van der Waals surface area contributed by atoms with E-state index in [9.17, 15) is 9.18 Å². The first-order chi connectivity index (χ1) is 8.02. The van der Waals surface area contributed by atoms with Crippen molar-refractivity contribution in [3.05, 3.63) is 57.1 Å². The van der Waals surface area contributed by atoms with Crippen molar-refractivity contribution < 1.29 is 37.1 Å². The third-order valence-corrected chi connectivity index (χ3v) is 2.92. The molecular weight excluding hydrogens is 330 g/mol. The van der Waals surface area contributed by atoms with Gasteiger partial charge in [0.25, 0.3) is 0 Å². The molecule has 2 rings (SSSR count). The summed E-state index contributed by atoms with van der Waals surface area (Å²) in [4.78, 5) is 11.8. The van der Waals surface area contributed by atoms with Crippen molar-refractivity contribution in [3.63, 3.8) is 0 Å². The van der Waals surface area contributed by atoms with Gasteiger partial charge in [-0.15, -0.1) is 0 Å². The van der Waals surface area contributed by atoms with Crippen LogP contribution in [0.1, 0.15) is 5.56 Å². The second-order valence-corrected chi connectivity index (χ2v) is 4.19. The molecule has 2 aromatic rings. The summed E-state index contributed by atoms with van der Waals surface area (Å²) in [6.07, 6.45) is 0. The van der Waals surface area contributed by atoms with Gasteiger partial charge in [0.1, 0.15) is 0 Å². The second-order valence-electron chi connectivity index (χ2n) is 3.78. The van der Waals surface area contributed by atoms with Crippen molar-refractivity contribution in [1.82, 2.24) is 4.57 Å². The van der Waals surface area contributed by atoms with Crippen molar-refractivity contribution in [2.45, 2.75) is 6.92 Å². The van der Waals surface area contributed by atoms with Crippen molar-refractivity contribution in [3.8, 4) is 11.3 Å². The van der Waals surface area contributed by atoms with Gasteiger partial charge in [0.2, 0.25) is 0 Å². The molecule has 0 aliphatic rings. The summed E-state index contributed by atoms with van der Waals surface area (Å²) in [6.45, 7) is 1.69. The smallest absolute Gasteiger partial charge is 0.197 e. The van der Waals surface area contributed by atoms with Gasteiger partial charge in [0.05, 0.1) is 5.82 Å². The normalized spacial score (nSPS) is 10.0. The van der Waals surface area contributed by atoms with Crippen LogP contribution >= 0.6 is 11.6 Å². The van der Waals surface area contributed by atoms with Crippen molar-refractivity contribution in [2.75, 3.05) is 0 Å². The van der Waals surface area contributed by atoms with Crippen LogP contribution in [-0.2, 0) is 39.8 Å². The maximum Gasteiger partial charge on any atom is 0.197 e. The molecule has 5 heteroatoms. The van der Waals surface area contributed by atoms with Crippen molar-refractivity contribution in [1.29, 1.82) is 0 Å². The first-order valence-electron chi connectivity index (χ1n) is 5.05. The summed E-state index contributed by atoms with van der Waals surface area (Å²) in [7, 11) is 1.57. The third-order valence-electron chi connectivity index (χ3n) is 2.60. The first kappa shape index (κ1) is 15.6. The molecule has 0 aliphatic carbocycles. The fourth-order valence-corrected chi connectivity index (χ4v) is 1.92. The molecule has 1 aromatic carbocycles. The van der Waals surface area contributed by atoms with Gasteiger partial charge in [0, 0.05) is 39.8 Å². The molecule has 0 spiro atoms. The number of halogens is 2. The molecule has 91 valence electrons. The van der Waals surface area contributed by atoms with E-state index in [1.54, 1.807) is 26.1 Å². The Morgan fingerprint density at radius 2 is 2.06 bits per heavy atom. The van der Waals surface area contributed by atoms with E-state index in [0.29, 0.717) is 11.3 Å². The van der Waals surface area contributed by atoms with Crippen molar-refractivity contribution >= 4 is 11.6 Å². The first-order valence-corrected chi connectivity index (χ1v) is 5.43. The van der Waals surface area contributed by atoms with Crippen LogP contribution in [0.15, 0.2) is 29.1 Å². The van der Waals surface area contributed by atoms with Gasteiger partial charge >= 0.3 is 0 Å².